The fraction of sp³-hybridized carbons (Fsp3) is 0.286. The van der Waals surface area contributed by atoms with Crippen LogP contribution < -0.4 is 0 Å². The molecule has 0 aliphatic carbocycles. The molecule has 1 heterocycles. The van der Waals surface area contributed by atoms with Gasteiger partial charge in [0.2, 0.25) is 11.8 Å². The first-order chi connectivity index (χ1) is 9.59. The van der Waals surface area contributed by atoms with Crippen LogP contribution in [0.25, 0.3) is 6.08 Å². The zero-order valence-electron chi connectivity index (χ0n) is 11.2. The standard InChI is InChI=1S/C14H16N2O3S/c1-2-13-15-16-14(19-13)11-20(17,18)10-6-9-12-7-4-3-5-8-12/h3-9H,2,10-11H2,1H3/b9-6+. The first kappa shape index (κ1) is 14.5. The molecule has 1 aromatic carbocycles. The Morgan fingerprint density at radius 1 is 1.15 bits per heavy atom. The second-order valence-electron chi connectivity index (χ2n) is 4.31. The van der Waals surface area contributed by atoms with Crippen LogP contribution in [0.5, 0.6) is 0 Å². The predicted octanol–water partition coefficient (Wildman–Crippen LogP) is 2.26. The lowest BCUT2D eigenvalue weighted by molar-refractivity contribution is 0.465. The van der Waals surface area contributed by atoms with Crippen LogP contribution in [0.2, 0.25) is 0 Å². The van der Waals surface area contributed by atoms with Gasteiger partial charge in [-0.05, 0) is 5.56 Å². The molecule has 0 amide bonds. The van der Waals surface area contributed by atoms with Gasteiger partial charge in [0.25, 0.3) is 0 Å². The van der Waals surface area contributed by atoms with Crippen molar-refractivity contribution < 1.29 is 12.8 Å². The van der Waals surface area contributed by atoms with E-state index < -0.39 is 9.84 Å². The van der Waals surface area contributed by atoms with Crippen molar-refractivity contribution in [3.8, 4) is 0 Å². The molecule has 0 fully saturated rings. The van der Waals surface area contributed by atoms with Gasteiger partial charge in [-0.15, -0.1) is 10.2 Å². The highest BCUT2D eigenvalue weighted by molar-refractivity contribution is 7.90. The molecule has 5 nitrogen and oxygen atoms in total. The van der Waals surface area contributed by atoms with E-state index in [4.69, 9.17) is 4.42 Å². The Hall–Kier alpha value is -1.95. The van der Waals surface area contributed by atoms with Gasteiger partial charge >= 0.3 is 0 Å². The third-order valence-electron chi connectivity index (χ3n) is 2.61. The van der Waals surface area contributed by atoms with Gasteiger partial charge in [-0.2, -0.15) is 0 Å². The largest absolute Gasteiger partial charge is 0.424 e. The molecule has 0 saturated carbocycles. The summed E-state index contributed by atoms with van der Waals surface area (Å²) in [5.41, 5.74) is 0.966. The maximum absolute atomic E-state index is 11.9. The van der Waals surface area contributed by atoms with Crippen LogP contribution in [-0.2, 0) is 22.0 Å². The lowest BCUT2D eigenvalue weighted by Gasteiger charge is -1.97. The molecule has 0 saturated heterocycles. The molecule has 106 valence electrons. The van der Waals surface area contributed by atoms with Crippen molar-refractivity contribution in [3.63, 3.8) is 0 Å². The average Bonchev–Trinajstić information content (AvgIpc) is 2.86. The molecule has 0 bridgehead atoms. The van der Waals surface area contributed by atoms with Crippen molar-refractivity contribution in [2.24, 2.45) is 0 Å². The van der Waals surface area contributed by atoms with Crippen LogP contribution in [0.3, 0.4) is 0 Å². The van der Waals surface area contributed by atoms with E-state index in [1.54, 1.807) is 12.2 Å². The van der Waals surface area contributed by atoms with E-state index in [2.05, 4.69) is 10.2 Å². The molecule has 0 N–H and O–H groups in total. The first-order valence-corrected chi connectivity index (χ1v) is 8.14. The fourth-order valence-electron chi connectivity index (χ4n) is 1.63. The Labute approximate surface area is 118 Å². The zero-order valence-corrected chi connectivity index (χ0v) is 12.0. The maximum atomic E-state index is 11.9. The monoisotopic (exact) mass is 292 g/mol. The van der Waals surface area contributed by atoms with Crippen LogP contribution in [0.1, 0.15) is 24.3 Å². The van der Waals surface area contributed by atoms with Crippen molar-refractivity contribution >= 4 is 15.9 Å². The van der Waals surface area contributed by atoms with Gasteiger partial charge in [0.05, 0.1) is 5.75 Å². The Balaban J connectivity index is 1.96. The number of hydrogen-bond acceptors (Lipinski definition) is 5. The number of hydrogen-bond donors (Lipinski definition) is 0. The van der Waals surface area contributed by atoms with Crippen molar-refractivity contribution in [1.82, 2.24) is 10.2 Å². The van der Waals surface area contributed by atoms with E-state index in [-0.39, 0.29) is 17.4 Å². The van der Waals surface area contributed by atoms with Crippen molar-refractivity contribution in [2.75, 3.05) is 5.75 Å². The van der Waals surface area contributed by atoms with Crippen LogP contribution in [0, 0.1) is 0 Å². The molecule has 1 aromatic heterocycles. The van der Waals surface area contributed by atoms with Crippen molar-refractivity contribution in [3.05, 3.63) is 53.8 Å². The second-order valence-corrected chi connectivity index (χ2v) is 6.42. The van der Waals surface area contributed by atoms with E-state index in [0.29, 0.717) is 12.3 Å². The van der Waals surface area contributed by atoms with Gasteiger partial charge in [-0.3, -0.25) is 0 Å². The minimum Gasteiger partial charge on any atom is -0.424 e. The molecule has 0 radical (unpaired) electrons. The number of aryl methyl sites for hydroxylation is 1. The Bertz CT molecular complexity index is 675. The van der Waals surface area contributed by atoms with Gasteiger partial charge in [-0.1, -0.05) is 49.4 Å². The summed E-state index contributed by atoms with van der Waals surface area (Å²) in [6.45, 7) is 1.87. The van der Waals surface area contributed by atoms with Gasteiger partial charge in [-0.25, -0.2) is 8.42 Å². The van der Waals surface area contributed by atoms with Gasteiger partial charge in [0.15, 0.2) is 9.84 Å². The van der Waals surface area contributed by atoms with Crippen molar-refractivity contribution in [2.45, 2.75) is 19.1 Å². The summed E-state index contributed by atoms with van der Waals surface area (Å²) in [6.07, 6.45) is 4.01. The summed E-state index contributed by atoms with van der Waals surface area (Å²) in [6, 6.07) is 9.54. The van der Waals surface area contributed by atoms with Gasteiger partial charge in [0.1, 0.15) is 5.75 Å². The summed E-state index contributed by atoms with van der Waals surface area (Å²) in [5.74, 6) is 0.329. The van der Waals surface area contributed by atoms with E-state index >= 15 is 0 Å². The molecule has 6 heteroatoms. The number of aromatic nitrogens is 2. The molecule has 0 spiro atoms. The summed E-state index contributed by atoms with van der Waals surface area (Å²) in [7, 11) is -3.28. The Morgan fingerprint density at radius 3 is 2.50 bits per heavy atom. The van der Waals surface area contributed by atoms with Crippen molar-refractivity contribution in [1.29, 1.82) is 0 Å². The summed E-state index contributed by atoms with van der Waals surface area (Å²) in [5, 5.41) is 7.47. The van der Waals surface area contributed by atoms with Crippen LogP contribution in [-0.4, -0.2) is 24.4 Å². The molecule has 2 aromatic rings. The number of nitrogens with zero attached hydrogens (tertiary/aromatic N) is 2. The molecular formula is C14H16N2O3S. The van der Waals surface area contributed by atoms with Gasteiger partial charge in [0, 0.05) is 6.42 Å². The smallest absolute Gasteiger partial charge is 0.231 e. The highest BCUT2D eigenvalue weighted by atomic mass is 32.2. The molecular weight excluding hydrogens is 276 g/mol. The lowest BCUT2D eigenvalue weighted by atomic mass is 10.2. The molecule has 0 atom stereocenters. The number of benzene rings is 1. The van der Waals surface area contributed by atoms with E-state index in [9.17, 15) is 8.42 Å². The third-order valence-corrected chi connectivity index (χ3v) is 4.00. The first-order valence-electron chi connectivity index (χ1n) is 6.32. The van der Waals surface area contributed by atoms with Crippen LogP contribution in [0.15, 0.2) is 40.8 Å². The summed E-state index contributed by atoms with van der Waals surface area (Å²) >= 11 is 0. The molecule has 20 heavy (non-hydrogen) atoms. The molecule has 0 unspecified atom stereocenters. The zero-order chi connectivity index (χ0) is 14.4. The Morgan fingerprint density at radius 2 is 1.85 bits per heavy atom. The minimum atomic E-state index is -3.28. The fourth-order valence-corrected chi connectivity index (χ4v) is 2.63. The van der Waals surface area contributed by atoms with E-state index in [0.717, 1.165) is 5.56 Å². The van der Waals surface area contributed by atoms with Crippen LogP contribution in [0.4, 0.5) is 0 Å². The maximum Gasteiger partial charge on any atom is 0.231 e. The van der Waals surface area contributed by atoms with Gasteiger partial charge < -0.3 is 4.42 Å². The highest BCUT2D eigenvalue weighted by Crippen LogP contribution is 2.08. The minimum absolute atomic E-state index is 0.0499. The average molecular weight is 292 g/mol. The topological polar surface area (TPSA) is 73.1 Å². The Kier molecular flexibility index (Phi) is 4.68. The second kappa shape index (κ2) is 6.47. The molecule has 0 aliphatic heterocycles. The normalized spacial score (nSPS) is 12.1. The predicted molar refractivity (Wildman–Crippen MR) is 76.6 cm³/mol. The van der Waals surface area contributed by atoms with Crippen LogP contribution >= 0.6 is 0 Å². The number of rotatable bonds is 6. The van der Waals surface area contributed by atoms with E-state index in [1.807, 2.05) is 37.3 Å². The highest BCUT2D eigenvalue weighted by Gasteiger charge is 2.15. The third kappa shape index (κ3) is 4.31. The molecule has 0 aliphatic rings. The lowest BCUT2D eigenvalue weighted by Crippen LogP contribution is -2.07. The number of sulfone groups is 1. The molecule has 2 rings (SSSR count). The SMILES string of the molecule is CCc1nnc(CS(=O)(=O)C/C=C/c2ccccc2)o1. The summed E-state index contributed by atoms with van der Waals surface area (Å²) in [4.78, 5) is 0. The quantitative estimate of drug-likeness (QED) is 0.816. The van der Waals surface area contributed by atoms with E-state index in [1.165, 1.54) is 0 Å². The summed E-state index contributed by atoms with van der Waals surface area (Å²) < 4.78 is 29.0.